The third kappa shape index (κ3) is 1.99. The van der Waals surface area contributed by atoms with E-state index in [-0.39, 0.29) is 5.43 Å². The molecule has 1 aliphatic carbocycles. The molecule has 3 aromatic rings. The van der Waals surface area contributed by atoms with Crippen LogP contribution in [0.2, 0.25) is 0 Å². The summed E-state index contributed by atoms with van der Waals surface area (Å²) in [6.07, 6.45) is 3.70. The number of hydrogen-bond acceptors (Lipinski definition) is 4. The van der Waals surface area contributed by atoms with Gasteiger partial charge in [-0.2, -0.15) is 0 Å². The smallest absolute Gasteiger partial charge is 0.196 e. The Morgan fingerprint density at radius 2 is 2.14 bits per heavy atom. The average Bonchev–Trinajstić information content (AvgIpc) is 3.10. The molecule has 2 N–H and O–H groups in total. The Labute approximate surface area is 125 Å². The Morgan fingerprint density at radius 1 is 1.24 bits per heavy atom. The van der Waals surface area contributed by atoms with Gasteiger partial charge in [-0.3, -0.25) is 4.79 Å². The third-order valence-electron chi connectivity index (χ3n) is 3.81. The Morgan fingerprint density at radius 3 is 2.95 bits per heavy atom. The molecule has 0 bridgehead atoms. The molecular formula is C17H13NO2S. The molecule has 21 heavy (non-hydrogen) atoms. The number of allylic oxidation sites excluding steroid dienone is 1. The maximum atomic E-state index is 12.6. The largest absolute Gasteiger partial charge is 0.456 e. The standard InChI is InChI=1S/C17H13NO2S/c18-11-4-6-13-15(9-11)20-17-10(3-5-14(17)16(13)19)8-12-2-1-7-21-12/h1-2,4,6-9H,3,5,18H2. The van der Waals surface area contributed by atoms with Gasteiger partial charge in [0, 0.05) is 22.2 Å². The number of hydrogen-bond donors (Lipinski definition) is 1. The van der Waals surface area contributed by atoms with Gasteiger partial charge < -0.3 is 10.2 Å². The minimum absolute atomic E-state index is 0.0702. The van der Waals surface area contributed by atoms with Gasteiger partial charge in [-0.25, -0.2) is 0 Å². The van der Waals surface area contributed by atoms with Crippen molar-refractivity contribution in [3.05, 3.63) is 62.1 Å². The maximum absolute atomic E-state index is 12.6. The zero-order valence-corrected chi connectivity index (χ0v) is 12.1. The lowest BCUT2D eigenvalue weighted by Crippen LogP contribution is -2.08. The van der Waals surface area contributed by atoms with Gasteiger partial charge in [0.2, 0.25) is 0 Å². The van der Waals surface area contributed by atoms with Crippen molar-refractivity contribution in [2.45, 2.75) is 12.8 Å². The number of nitrogen functional groups attached to an aromatic ring is 1. The fraction of sp³-hybridized carbons (Fsp3) is 0.118. The van der Waals surface area contributed by atoms with Crippen LogP contribution in [0.5, 0.6) is 0 Å². The quantitative estimate of drug-likeness (QED) is 0.692. The monoisotopic (exact) mass is 295 g/mol. The second-order valence-electron chi connectivity index (χ2n) is 5.18. The van der Waals surface area contributed by atoms with E-state index < -0.39 is 0 Å². The highest BCUT2D eigenvalue weighted by molar-refractivity contribution is 7.10. The van der Waals surface area contributed by atoms with E-state index in [1.807, 2.05) is 11.4 Å². The van der Waals surface area contributed by atoms with Crippen molar-refractivity contribution in [2.24, 2.45) is 0 Å². The molecule has 0 atom stereocenters. The Bertz CT molecular complexity index is 920. The lowest BCUT2D eigenvalue weighted by molar-refractivity contribution is 0.585. The second kappa shape index (κ2) is 4.60. The molecular weight excluding hydrogens is 282 g/mol. The summed E-state index contributed by atoms with van der Waals surface area (Å²) in [5.41, 5.74) is 8.91. The second-order valence-corrected chi connectivity index (χ2v) is 6.16. The van der Waals surface area contributed by atoms with Crippen molar-refractivity contribution in [1.82, 2.24) is 0 Å². The molecule has 0 fully saturated rings. The van der Waals surface area contributed by atoms with Gasteiger partial charge in [0.1, 0.15) is 11.3 Å². The van der Waals surface area contributed by atoms with Crippen molar-refractivity contribution < 1.29 is 4.42 Å². The van der Waals surface area contributed by atoms with Gasteiger partial charge in [0.05, 0.1) is 5.39 Å². The van der Waals surface area contributed by atoms with Gasteiger partial charge in [-0.1, -0.05) is 6.07 Å². The van der Waals surface area contributed by atoms with E-state index in [0.717, 1.165) is 29.7 Å². The molecule has 1 aliphatic rings. The van der Waals surface area contributed by atoms with Crippen LogP contribution in [0.4, 0.5) is 5.69 Å². The Balaban J connectivity index is 1.96. The van der Waals surface area contributed by atoms with Crippen LogP contribution in [-0.4, -0.2) is 0 Å². The van der Waals surface area contributed by atoms with Crippen LogP contribution in [0.25, 0.3) is 22.6 Å². The molecule has 0 amide bonds. The van der Waals surface area contributed by atoms with E-state index in [1.165, 1.54) is 4.88 Å². The summed E-state index contributed by atoms with van der Waals surface area (Å²) in [6.45, 7) is 0. The summed E-state index contributed by atoms with van der Waals surface area (Å²) >= 11 is 1.68. The van der Waals surface area contributed by atoms with Gasteiger partial charge in [0.25, 0.3) is 0 Å². The topological polar surface area (TPSA) is 56.2 Å². The van der Waals surface area contributed by atoms with E-state index in [9.17, 15) is 4.79 Å². The van der Waals surface area contributed by atoms with E-state index in [1.54, 1.807) is 29.5 Å². The van der Waals surface area contributed by atoms with E-state index in [2.05, 4.69) is 12.1 Å². The highest BCUT2D eigenvalue weighted by Crippen LogP contribution is 2.34. The van der Waals surface area contributed by atoms with Crippen LogP contribution in [0.15, 0.2) is 44.9 Å². The zero-order valence-electron chi connectivity index (χ0n) is 11.3. The molecule has 104 valence electrons. The average molecular weight is 295 g/mol. The highest BCUT2D eigenvalue weighted by atomic mass is 32.1. The molecule has 0 saturated carbocycles. The summed E-state index contributed by atoms with van der Waals surface area (Å²) in [6, 6.07) is 9.29. The number of thiophene rings is 1. The van der Waals surface area contributed by atoms with E-state index in [4.69, 9.17) is 10.2 Å². The van der Waals surface area contributed by atoms with Crippen molar-refractivity contribution in [2.75, 3.05) is 5.73 Å². The number of rotatable bonds is 1. The van der Waals surface area contributed by atoms with Crippen LogP contribution in [0.1, 0.15) is 22.6 Å². The van der Waals surface area contributed by atoms with Crippen molar-refractivity contribution in [3.63, 3.8) is 0 Å². The number of anilines is 1. The lowest BCUT2D eigenvalue weighted by atomic mass is 10.1. The fourth-order valence-electron chi connectivity index (χ4n) is 2.79. The maximum Gasteiger partial charge on any atom is 0.196 e. The summed E-state index contributed by atoms with van der Waals surface area (Å²) in [5.74, 6) is 0.728. The molecule has 3 nitrogen and oxygen atoms in total. The predicted molar refractivity (Wildman–Crippen MR) is 87.4 cm³/mol. The lowest BCUT2D eigenvalue weighted by Gasteiger charge is -2.04. The summed E-state index contributed by atoms with van der Waals surface area (Å²) in [4.78, 5) is 13.7. The summed E-state index contributed by atoms with van der Waals surface area (Å²) in [5, 5.41) is 2.65. The van der Waals surface area contributed by atoms with Crippen LogP contribution in [-0.2, 0) is 6.42 Å². The zero-order chi connectivity index (χ0) is 14.4. The fourth-order valence-corrected chi connectivity index (χ4v) is 3.47. The molecule has 0 radical (unpaired) electrons. The molecule has 0 spiro atoms. The van der Waals surface area contributed by atoms with Crippen LogP contribution in [0, 0.1) is 0 Å². The first kappa shape index (κ1) is 12.4. The first-order valence-electron chi connectivity index (χ1n) is 6.82. The van der Waals surface area contributed by atoms with Crippen LogP contribution < -0.4 is 11.2 Å². The SMILES string of the molecule is Nc1ccc2c(=O)c3c(oc2c1)C(=Cc1cccs1)CC3. The Hall–Kier alpha value is -2.33. The Kier molecular flexibility index (Phi) is 2.72. The predicted octanol–water partition coefficient (Wildman–Crippen LogP) is 3.92. The molecule has 0 saturated heterocycles. The number of benzene rings is 1. The summed E-state index contributed by atoms with van der Waals surface area (Å²) in [7, 11) is 0. The third-order valence-corrected chi connectivity index (χ3v) is 4.63. The van der Waals surface area contributed by atoms with E-state index in [0.29, 0.717) is 16.7 Å². The molecule has 4 heteroatoms. The van der Waals surface area contributed by atoms with E-state index >= 15 is 0 Å². The van der Waals surface area contributed by atoms with Crippen LogP contribution >= 0.6 is 11.3 Å². The van der Waals surface area contributed by atoms with Crippen molar-refractivity contribution in [1.29, 1.82) is 0 Å². The molecule has 2 aromatic heterocycles. The first-order chi connectivity index (χ1) is 10.2. The molecule has 4 rings (SSSR count). The molecule has 0 aliphatic heterocycles. The van der Waals surface area contributed by atoms with Gasteiger partial charge in [0.15, 0.2) is 5.43 Å². The van der Waals surface area contributed by atoms with Crippen molar-refractivity contribution in [3.8, 4) is 0 Å². The summed E-state index contributed by atoms with van der Waals surface area (Å²) < 4.78 is 5.98. The van der Waals surface area contributed by atoms with Gasteiger partial charge in [-0.05, 0) is 48.1 Å². The minimum atomic E-state index is 0.0702. The minimum Gasteiger partial charge on any atom is -0.456 e. The van der Waals surface area contributed by atoms with Gasteiger partial charge >= 0.3 is 0 Å². The van der Waals surface area contributed by atoms with Gasteiger partial charge in [-0.15, -0.1) is 11.3 Å². The molecule has 2 heterocycles. The normalized spacial score (nSPS) is 15.7. The highest BCUT2D eigenvalue weighted by Gasteiger charge is 2.23. The van der Waals surface area contributed by atoms with Crippen molar-refractivity contribution >= 4 is 39.6 Å². The molecule has 0 unspecified atom stereocenters. The number of nitrogens with two attached hydrogens (primary N) is 1. The molecule has 1 aromatic carbocycles. The first-order valence-corrected chi connectivity index (χ1v) is 7.70. The van der Waals surface area contributed by atoms with Crippen LogP contribution in [0.3, 0.4) is 0 Å². The number of fused-ring (bicyclic) bond motifs is 2.